The summed E-state index contributed by atoms with van der Waals surface area (Å²) in [6.07, 6.45) is 1.28. The Morgan fingerprint density at radius 2 is 2.50 bits per heavy atom. The van der Waals surface area contributed by atoms with Crippen molar-refractivity contribution in [2.24, 2.45) is 0 Å². The minimum absolute atomic E-state index is 0.125. The van der Waals surface area contributed by atoms with Crippen molar-refractivity contribution in [3.8, 4) is 0 Å². The minimum atomic E-state index is -0.517. The first-order chi connectivity index (χ1) is 4.74. The Bertz CT molecular complexity index is 241. The van der Waals surface area contributed by atoms with Gasteiger partial charge in [0, 0.05) is 6.07 Å². The molecule has 0 amide bonds. The number of anilines is 1. The second-order valence-corrected chi connectivity index (χ2v) is 1.74. The van der Waals surface area contributed by atoms with Crippen LogP contribution in [0.15, 0.2) is 16.7 Å². The molecule has 0 aliphatic carbocycles. The molecule has 0 aliphatic heterocycles. The lowest BCUT2D eigenvalue weighted by Crippen LogP contribution is -1.98. The van der Waals surface area contributed by atoms with Crippen LogP contribution >= 0.6 is 0 Å². The second-order valence-electron chi connectivity index (χ2n) is 1.74. The van der Waals surface area contributed by atoms with Gasteiger partial charge in [-0.3, -0.25) is 0 Å². The van der Waals surface area contributed by atoms with Gasteiger partial charge in [0.15, 0.2) is 0 Å². The third-order valence-corrected chi connectivity index (χ3v) is 1.01. The third-order valence-electron chi connectivity index (χ3n) is 1.01. The topological polar surface area (TPSA) is 65.5 Å². The van der Waals surface area contributed by atoms with E-state index in [9.17, 15) is 4.79 Å². The predicted octanol–water partition coefficient (Wildman–Crippen LogP) is 0.648. The van der Waals surface area contributed by atoms with Crippen LogP contribution in [0.3, 0.4) is 0 Å². The minimum Gasteiger partial charge on any atom is -0.463 e. The number of rotatable bonds is 1. The van der Waals surface area contributed by atoms with Crippen molar-refractivity contribution in [2.75, 3.05) is 12.8 Å². The number of carbonyl (C=O) groups excluding carboxylic acids is 1. The van der Waals surface area contributed by atoms with Gasteiger partial charge < -0.3 is 14.9 Å². The smallest absolute Gasteiger partial charge is 0.374 e. The SMILES string of the molecule is COC(=O)c1cc(N)co1. The van der Waals surface area contributed by atoms with Crippen LogP contribution in [-0.2, 0) is 4.74 Å². The number of esters is 1. The Labute approximate surface area is 57.6 Å². The highest BCUT2D eigenvalue weighted by molar-refractivity contribution is 5.87. The first kappa shape index (κ1) is 6.67. The van der Waals surface area contributed by atoms with Gasteiger partial charge in [0.25, 0.3) is 0 Å². The maximum absolute atomic E-state index is 10.7. The summed E-state index contributed by atoms with van der Waals surface area (Å²) in [5.41, 5.74) is 5.69. The van der Waals surface area contributed by atoms with E-state index in [-0.39, 0.29) is 5.76 Å². The van der Waals surface area contributed by atoms with Crippen LogP contribution < -0.4 is 5.73 Å². The highest BCUT2D eigenvalue weighted by atomic mass is 16.5. The highest BCUT2D eigenvalue weighted by Gasteiger charge is 2.08. The van der Waals surface area contributed by atoms with E-state index in [4.69, 9.17) is 10.2 Å². The summed E-state index contributed by atoms with van der Waals surface area (Å²) < 4.78 is 9.08. The molecule has 1 rings (SSSR count). The molecule has 0 fully saturated rings. The third kappa shape index (κ3) is 1.10. The van der Waals surface area contributed by atoms with Crippen molar-refractivity contribution in [3.05, 3.63) is 18.1 Å². The summed E-state index contributed by atoms with van der Waals surface area (Å²) in [6.45, 7) is 0. The number of nitrogens with two attached hydrogens (primary N) is 1. The van der Waals surface area contributed by atoms with Crippen LogP contribution in [0.25, 0.3) is 0 Å². The fraction of sp³-hybridized carbons (Fsp3) is 0.167. The first-order valence-electron chi connectivity index (χ1n) is 2.66. The van der Waals surface area contributed by atoms with Crippen LogP contribution in [0.2, 0.25) is 0 Å². The average molecular weight is 141 g/mol. The summed E-state index contributed by atoms with van der Waals surface area (Å²) in [4.78, 5) is 10.7. The lowest BCUT2D eigenvalue weighted by atomic mass is 10.4. The molecule has 0 radical (unpaired) electrons. The van der Waals surface area contributed by atoms with Gasteiger partial charge in [-0.15, -0.1) is 0 Å². The molecule has 1 heterocycles. The molecule has 4 heteroatoms. The number of ether oxygens (including phenoxy) is 1. The van der Waals surface area contributed by atoms with Crippen LogP contribution in [-0.4, -0.2) is 13.1 Å². The number of furan rings is 1. The molecular formula is C6H7NO3. The van der Waals surface area contributed by atoms with E-state index in [1.807, 2.05) is 0 Å². The van der Waals surface area contributed by atoms with Gasteiger partial charge in [-0.05, 0) is 0 Å². The Kier molecular flexibility index (Phi) is 1.62. The van der Waals surface area contributed by atoms with Gasteiger partial charge in [0.2, 0.25) is 5.76 Å². The molecule has 1 aromatic rings. The van der Waals surface area contributed by atoms with Crippen molar-refractivity contribution < 1.29 is 13.9 Å². The lowest BCUT2D eigenvalue weighted by molar-refractivity contribution is 0.0565. The molecular weight excluding hydrogens is 134 g/mol. The van der Waals surface area contributed by atoms with Gasteiger partial charge in [0.05, 0.1) is 12.8 Å². The van der Waals surface area contributed by atoms with Gasteiger partial charge in [-0.25, -0.2) is 4.79 Å². The van der Waals surface area contributed by atoms with Gasteiger partial charge in [0.1, 0.15) is 6.26 Å². The van der Waals surface area contributed by atoms with E-state index in [2.05, 4.69) is 4.74 Å². The molecule has 0 bridgehead atoms. The molecule has 2 N–H and O–H groups in total. The number of carbonyl (C=O) groups is 1. The van der Waals surface area contributed by atoms with Crippen molar-refractivity contribution in [1.82, 2.24) is 0 Å². The Balaban J connectivity index is 2.85. The molecule has 4 nitrogen and oxygen atoms in total. The molecule has 54 valence electrons. The van der Waals surface area contributed by atoms with E-state index < -0.39 is 5.97 Å². The summed E-state index contributed by atoms with van der Waals surface area (Å²) in [5, 5.41) is 0. The van der Waals surface area contributed by atoms with Crippen LogP contribution in [0.5, 0.6) is 0 Å². The van der Waals surface area contributed by atoms with E-state index in [0.717, 1.165) is 0 Å². The number of methoxy groups -OCH3 is 1. The van der Waals surface area contributed by atoms with E-state index in [1.54, 1.807) is 0 Å². The maximum Gasteiger partial charge on any atom is 0.374 e. The molecule has 0 unspecified atom stereocenters. The number of hydrogen-bond acceptors (Lipinski definition) is 4. The second kappa shape index (κ2) is 2.43. The predicted molar refractivity (Wildman–Crippen MR) is 34.5 cm³/mol. The molecule has 0 aromatic carbocycles. The Hall–Kier alpha value is -1.45. The summed E-state index contributed by atoms with van der Waals surface area (Å²) >= 11 is 0. The quantitative estimate of drug-likeness (QED) is 0.583. The van der Waals surface area contributed by atoms with Crippen molar-refractivity contribution >= 4 is 11.7 Å². The first-order valence-corrected chi connectivity index (χ1v) is 2.66. The standard InChI is InChI=1S/C6H7NO3/c1-9-6(8)5-2-4(7)3-10-5/h2-3H,7H2,1H3. The normalized spacial score (nSPS) is 9.30. The number of hydrogen-bond donors (Lipinski definition) is 1. The molecule has 0 atom stereocenters. The van der Waals surface area contributed by atoms with Crippen molar-refractivity contribution in [3.63, 3.8) is 0 Å². The Morgan fingerprint density at radius 1 is 1.80 bits per heavy atom. The summed E-state index contributed by atoms with van der Waals surface area (Å²) in [6, 6.07) is 1.41. The zero-order chi connectivity index (χ0) is 7.56. The van der Waals surface area contributed by atoms with Gasteiger partial charge >= 0.3 is 5.97 Å². The zero-order valence-electron chi connectivity index (χ0n) is 5.46. The average Bonchev–Trinajstić information content (AvgIpc) is 2.34. The Morgan fingerprint density at radius 3 is 2.90 bits per heavy atom. The van der Waals surface area contributed by atoms with Crippen molar-refractivity contribution in [2.45, 2.75) is 0 Å². The van der Waals surface area contributed by atoms with Crippen molar-refractivity contribution in [1.29, 1.82) is 0 Å². The zero-order valence-corrected chi connectivity index (χ0v) is 5.46. The fourth-order valence-electron chi connectivity index (χ4n) is 0.559. The molecule has 1 aromatic heterocycles. The molecule has 0 spiro atoms. The van der Waals surface area contributed by atoms with E-state index in [0.29, 0.717) is 5.69 Å². The van der Waals surface area contributed by atoms with Gasteiger partial charge in [-0.2, -0.15) is 0 Å². The summed E-state index contributed by atoms with van der Waals surface area (Å²) in [7, 11) is 1.28. The molecule has 0 aliphatic rings. The van der Waals surface area contributed by atoms with E-state index in [1.165, 1.54) is 19.4 Å². The highest BCUT2D eigenvalue weighted by Crippen LogP contribution is 2.09. The molecule has 10 heavy (non-hydrogen) atoms. The maximum atomic E-state index is 10.7. The lowest BCUT2D eigenvalue weighted by Gasteiger charge is -1.89. The van der Waals surface area contributed by atoms with Crippen LogP contribution in [0, 0.1) is 0 Å². The fourth-order valence-corrected chi connectivity index (χ4v) is 0.559. The van der Waals surface area contributed by atoms with Crippen LogP contribution in [0.4, 0.5) is 5.69 Å². The summed E-state index contributed by atoms with van der Waals surface area (Å²) in [5.74, 6) is -0.392. The van der Waals surface area contributed by atoms with E-state index >= 15 is 0 Å². The van der Waals surface area contributed by atoms with Gasteiger partial charge in [-0.1, -0.05) is 0 Å². The molecule has 0 saturated carbocycles. The number of nitrogen functional groups attached to an aromatic ring is 1. The monoisotopic (exact) mass is 141 g/mol. The largest absolute Gasteiger partial charge is 0.463 e. The van der Waals surface area contributed by atoms with Crippen LogP contribution in [0.1, 0.15) is 10.6 Å². The molecule has 0 saturated heterocycles.